The third kappa shape index (κ3) is 2.34. The molecule has 108 valence electrons. The van der Waals surface area contributed by atoms with Gasteiger partial charge in [-0.05, 0) is 45.6 Å². The summed E-state index contributed by atoms with van der Waals surface area (Å²) in [6.45, 7) is 6.64. The largest absolute Gasteiger partial charge is 0.459 e. The van der Waals surface area contributed by atoms with Crippen molar-refractivity contribution in [2.24, 2.45) is 10.9 Å². The van der Waals surface area contributed by atoms with Crippen LogP contribution in [0, 0.1) is 5.92 Å². The van der Waals surface area contributed by atoms with Gasteiger partial charge in [0.15, 0.2) is 0 Å². The first-order valence-electron chi connectivity index (χ1n) is 7.22. The van der Waals surface area contributed by atoms with Gasteiger partial charge >= 0.3 is 5.97 Å². The van der Waals surface area contributed by atoms with Crippen LogP contribution in [-0.4, -0.2) is 33.8 Å². The van der Waals surface area contributed by atoms with E-state index in [1.807, 2.05) is 26.8 Å². The van der Waals surface area contributed by atoms with Gasteiger partial charge in [-0.3, -0.25) is 9.79 Å². The maximum atomic E-state index is 12.4. The second kappa shape index (κ2) is 4.76. The van der Waals surface area contributed by atoms with Crippen LogP contribution < -0.4 is 0 Å². The molecule has 0 amide bonds. The first kappa shape index (κ1) is 13.9. The van der Waals surface area contributed by atoms with Gasteiger partial charge in [0.05, 0.1) is 10.5 Å². The molecule has 3 unspecified atom stereocenters. The zero-order valence-electron chi connectivity index (χ0n) is 12.3. The van der Waals surface area contributed by atoms with E-state index >= 15 is 0 Å². The predicted octanol–water partition coefficient (Wildman–Crippen LogP) is 3.16. The van der Waals surface area contributed by atoms with Gasteiger partial charge in [0.25, 0.3) is 0 Å². The fraction of sp³-hybridized carbons (Fsp3) is 0.625. The molecule has 0 saturated carbocycles. The second-order valence-corrected chi connectivity index (χ2v) is 8.12. The first-order chi connectivity index (χ1) is 9.41. The van der Waals surface area contributed by atoms with Crippen LogP contribution >= 0.6 is 11.8 Å². The molecule has 3 atom stereocenters. The normalized spacial score (nSPS) is 35.2. The molecule has 3 nitrogen and oxygen atoms in total. The number of carbonyl (C=O) groups is 1. The van der Waals surface area contributed by atoms with Gasteiger partial charge < -0.3 is 4.74 Å². The van der Waals surface area contributed by atoms with Crippen LogP contribution in [0.3, 0.4) is 0 Å². The summed E-state index contributed by atoms with van der Waals surface area (Å²) in [4.78, 5) is 17.0. The van der Waals surface area contributed by atoms with E-state index in [0.717, 1.165) is 25.1 Å². The summed E-state index contributed by atoms with van der Waals surface area (Å²) >= 11 is 1.73. The molecule has 0 radical (unpaired) electrons. The van der Waals surface area contributed by atoms with E-state index in [2.05, 4.69) is 23.2 Å². The highest BCUT2D eigenvalue weighted by atomic mass is 32.2. The number of allylic oxidation sites excluding steroid dienone is 3. The molecule has 0 bridgehead atoms. The lowest BCUT2D eigenvalue weighted by molar-refractivity contribution is -0.154. The topological polar surface area (TPSA) is 38.7 Å². The number of carbonyl (C=O) groups excluding carboxylic acids is 1. The summed E-state index contributed by atoms with van der Waals surface area (Å²) in [6.07, 6.45) is 10.4. The van der Waals surface area contributed by atoms with Crippen molar-refractivity contribution in [2.75, 3.05) is 6.54 Å². The van der Waals surface area contributed by atoms with E-state index in [9.17, 15) is 4.79 Å². The van der Waals surface area contributed by atoms with Crippen LogP contribution in [0.25, 0.3) is 0 Å². The summed E-state index contributed by atoms with van der Waals surface area (Å²) < 4.78 is 5.47. The van der Waals surface area contributed by atoms with Crippen molar-refractivity contribution in [3.63, 3.8) is 0 Å². The van der Waals surface area contributed by atoms with Crippen LogP contribution in [0.15, 0.2) is 29.3 Å². The third-order valence-electron chi connectivity index (χ3n) is 3.98. The van der Waals surface area contributed by atoms with Gasteiger partial charge in [-0.25, -0.2) is 0 Å². The van der Waals surface area contributed by atoms with E-state index in [0.29, 0.717) is 5.92 Å². The van der Waals surface area contributed by atoms with Crippen molar-refractivity contribution in [1.29, 1.82) is 0 Å². The first-order valence-corrected chi connectivity index (χ1v) is 8.10. The van der Waals surface area contributed by atoms with Crippen molar-refractivity contribution in [3.8, 4) is 0 Å². The van der Waals surface area contributed by atoms with Gasteiger partial charge in [-0.15, -0.1) is 11.8 Å². The van der Waals surface area contributed by atoms with Crippen molar-refractivity contribution in [3.05, 3.63) is 24.3 Å². The zero-order chi connectivity index (χ0) is 14.4. The summed E-state index contributed by atoms with van der Waals surface area (Å²) in [5.74, 6) is 0.423. The average Bonchev–Trinajstić information content (AvgIpc) is 2.74. The SMILES string of the molecule is CC(C)(C)OC(=O)C1CC2CCN=C3C=CC=CC32S1. The van der Waals surface area contributed by atoms with Gasteiger partial charge in [0, 0.05) is 6.54 Å². The predicted molar refractivity (Wildman–Crippen MR) is 83.3 cm³/mol. The van der Waals surface area contributed by atoms with Gasteiger partial charge in [-0.2, -0.15) is 0 Å². The van der Waals surface area contributed by atoms with E-state index in [4.69, 9.17) is 4.74 Å². The molecule has 3 rings (SSSR count). The van der Waals surface area contributed by atoms with Crippen LogP contribution in [0.4, 0.5) is 0 Å². The fourth-order valence-corrected chi connectivity index (χ4v) is 4.94. The van der Waals surface area contributed by atoms with Crippen molar-refractivity contribution < 1.29 is 9.53 Å². The Morgan fingerprint density at radius 3 is 3.00 bits per heavy atom. The molecule has 2 aliphatic heterocycles. The highest BCUT2D eigenvalue weighted by molar-refractivity contribution is 8.03. The molecule has 1 spiro atoms. The Labute approximate surface area is 124 Å². The number of ether oxygens (including phenoxy) is 1. The number of thioether (sulfide) groups is 1. The highest BCUT2D eigenvalue weighted by Gasteiger charge is 2.53. The summed E-state index contributed by atoms with van der Waals surface area (Å²) in [5.41, 5.74) is 0.717. The Hall–Kier alpha value is -1.03. The van der Waals surface area contributed by atoms with Crippen molar-refractivity contribution in [1.82, 2.24) is 0 Å². The molecule has 1 saturated heterocycles. The maximum absolute atomic E-state index is 12.4. The van der Waals surface area contributed by atoms with Gasteiger partial charge in [0.2, 0.25) is 0 Å². The van der Waals surface area contributed by atoms with Crippen LogP contribution in [0.1, 0.15) is 33.6 Å². The van der Waals surface area contributed by atoms with E-state index < -0.39 is 5.60 Å². The molecule has 0 aromatic heterocycles. The van der Waals surface area contributed by atoms with Crippen LogP contribution in [0.2, 0.25) is 0 Å². The minimum atomic E-state index is -0.414. The molecule has 0 aromatic carbocycles. The van der Waals surface area contributed by atoms with Crippen LogP contribution in [0.5, 0.6) is 0 Å². The third-order valence-corrected chi connectivity index (χ3v) is 5.72. The number of nitrogens with zero attached hydrogens (tertiary/aromatic N) is 1. The molecule has 1 aliphatic carbocycles. The van der Waals surface area contributed by atoms with E-state index in [-0.39, 0.29) is 16.0 Å². The lowest BCUT2D eigenvalue weighted by Crippen LogP contribution is -2.41. The van der Waals surface area contributed by atoms with E-state index in [1.54, 1.807) is 11.8 Å². The Morgan fingerprint density at radius 1 is 1.45 bits per heavy atom. The fourth-order valence-electron chi connectivity index (χ4n) is 3.18. The molecular weight excluding hydrogens is 270 g/mol. The lowest BCUT2D eigenvalue weighted by Gasteiger charge is -2.36. The van der Waals surface area contributed by atoms with Gasteiger partial charge in [0.1, 0.15) is 10.9 Å². The summed E-state index contributed by atoms with van der Waals surface area (Å²) in [7, 11) is 0. The average molecular weight is 291 g/mol. The molecule has 2 heterocycles. The quantitative estimate of drug-likeness (QED) is 0.697. The smallest absolute Gasteiger partial charge is 0.319 e. The minimum absolute atomic E-state index is 0.0707. The van der Waals surface area contributed by atoms with E-state index in [1.165, 1.54) is 0 Å². The number of hydrogen-bond donors (Lipinski definition) is 0. The Morgan fingerprint density at radius 2 is 2.25 bits per heavy atom. The number of esters is 1. The van der Waals surface area contributed by atoms with Crippen molar-refractivity contribution >= 4 is 23.4 Å². The number of aliphatic imine (C=N–C) groups is 1. The van der Waals surface area contributed by atoms with Crippen LogP contribution in [-0.2, 0) is 9.53 Å². The molecular formula is C16H21NO2S. The maximum Gasteiger partial charge on any atom is 0.319 e. The minimum Gasteiger partial charge on any atom is -0.459 e. The lowest BCUT2D eigenvalue weighted by atomic mass is 9.78. The van der Waals surface area contributed by atoms with Gasteiger partial charge in [-0.1, -0.05) is 18.2 Å². The zero-order valence-corrected chi connectivity index (χ0v) is 13.1. The number of hydrogen-bond acceptors (Lipinski definition) is 4. The second-order valence-electron chi connectivity index (χ2n) is 6.64. The molecule has 20 heavy (non-hydrogen) atoms. The Kier molecular flexibility index (Phi) is 3.32. The standard InChI is InChI=1S/C16H21NO2S/c1-15(2,3)19-14(18)12-10-11-7-9-17-13-6-4-5-8-16(11,13)20-12/h4-6,8,11-12H,7,9-10H2,1-3H3. The number of rotatable bonds is 1. The molecule has 1 fully saturated rings. The molecule has 0 N–H and O–H groups in total. The van der Waals surface area contributed by atoms with Crippen molar-refractivity contribution in [2.45, 2.75) is 49.2 Å². The summed E-state index contributed by atoms with van der Waals surface area (Å²) in [5, 5.41) is -0.0707. The molecule has 3 aliphatic rings. The molecule has 0 aromatic rings. The molecule has 4 heteroatoms. The monoisotopic (exact) mass is 291 g/mol. The Balaban J connectivity index is 1.82. The summed E-state index contributed by atoms with van der Waals surface area (Å²) in [6, 6.07) is 0. The Bertz CT molecular complexity index is 515. The highest BCUT2D eigenvalue weighted by Crippen LogP contribution is 2.53.